The topological polar surface area (TPSA) is 29.5 Å². The van der Waals surface area contributed by atoms with Crippen molar-refractivity contribution in [3.05, 3.63) is 42.5 Å². The van der Waals surface area contributed by atoms with Gasteiger partial charge in [-0.25, -0.2) is 0 Å². The molecule has 0 saturated heterocycles. The molecule has 0 aliphatic carbocycles. The van der Waals surface area contributed by atoms with Crippen molar-refractivity contribution in [3.8, 4) is 5.75 Å². The quantitative estimate of drug-likeness (QED) is 0.778. The molecule has 0 unspecified atom stereocenters. The van der Waals surface area contributed by atoms with Crippen LogP contribution in [0.1, 0.15) is 6.42 Å². The minimum atomic E-state index is 0.0927. The van der Waals surface area contributed by atoms with E-state index in [0.717, 1.165) is 23.3 Å². The summed E-state index contributed by atoms with van der Waals surface area (Å²) in [5, 5.41) is 2.41. The fourth-order valence-electron chi connectivity index (χ4n) is 1.85. The lowest BCUT2D eigenvalue weighted by atomic mass is 10.1. The highest BCUT2D eigenvalue weighted by Gasteiger charge is 2.04. The number of benzene rings is 2. The molecule has 2 aromatic carbocycles. The van der Waals surface area contributed by atoms with E-state index in [1.165, 1.54) is 17.1 Å². The standard InChI is InChI=1S/C16H19NO2S/c1-17(2)16(18)20-12-6-11-19-15-10-5-8-13-7-3-4-9-14(13)15/h3-5,7-10H,6,11-12H2,1-2H3. The van der Waals surface area contributed by atoms with Gasteiger partial charge >= 0.3 is 0 Å². The molecule has 2 rings (SSSR count). The fraction of sp³-hybridized carbons (Fsp3) is 0.312. The Labute approximate surface area is 123 Å². The van der Waals surface area contributed by atoms with Gasteiger partial charge in [0, 0.05) is 25.2 Å². The Hall–Kier alpha value is -1.68. The lowest BCUT2D eigenvalue weighted by Crippen LogP contribution is -2.17. The summed E-state index contributed by atoms with van der Waals surface area (Å²) < 4.78 is 5.82. The van der Waals surface area contributed by atoms with Crippen LogP contribution in [0.2, 0.25) is 0 Å². The van der Waals surface area contributed by atoms with E-state index in [2.05, 4.69) is 18.2 Å². The number of ether oxygens (including phenoxy) is 1. The summed E-state index contributed by atoms with van der Waals surface area (Å²) >= 11 is 1.33. The SMILES string of the molecule is CN(C)C(=O)SCCCOc1cccc2ccccc12. The second-order valence-corrected chi connectivity index (χ2v) is 5.73. The summed E-state index contributed by atoms with van der Waals surface area (Å²) in [7, 11) is 3.53. The minimum Gasteiger partial charge on any atom is -0.493 e. The number of carbonyl (C=O) groups excluding carboxylic acids is 1. The van der Waals surface area contributed by atoms with Crippen LogP contribution in [0, 0.1) is 0 Å². The third-order valence-electron chi connectivity index (χ3n) is 2.89. The van der Waals surface area contributed by atoms with Crippen molar-refractivity contribution in [1.82, 2.24) is 4.90 Å². The molecular formula is C16H19NO2S. The summed E-state index contributed by atoms with van der Waals surface area (Å²) in [6.45, 7) is 0.627. The molecule has 0 N–H and O–H groups in total. The predicted octanol–water partition coefficient (Wildman–Crippen LogP) is 4.02. The number of thioether (sulfide) groups is 1. The number of hydrogen-bond donors (Lipinski definition) is 0. The second kappa shape index (κ2) is 7.20. The molecular weight excluding hydrogens is 270 g/mol. The van der Waals surface area contributed by atoms with Gasteiger partial charge in [-0.2, -0.15) is 0 Å². The molecule has 0 saturated carbocycles. The second-order valence-electron chi connectivity index (χ2n) is 4.69. The average Bonchev–Trinajstić information content (AvgIpc) is 2.46. The van der Waals surface area contributed by atoms with Gasteiger partial charge < -0.3 is 9.64 Å². The highest BCUT2D eigenvalue weighted by atomic mass is 32.2. The number of rotatable bonds is 5. The molecule has 20 heavy (non-hydrogen) atoms. The highest BCUT2D eigenvalue weighted by Crippen LogP contribution is 2.25. The maximum atomic E-state index is 11.4. The zero-order valence-corrected chi connectivity index (χ0v) is 12.7. The summed E-state index contributed by atoms with van der Waals surface area (Å²) in [6, 6.07) is 14.2. The Bertz CT molecular complexity index is 578. The Balaban J connectivity index is 1.83. The Morgan fingerprint density at radius 2 is 1.90 bits per heavy atom. The normalized spacial score (nSPS) is 10.5. The summed E-state index contributed by atoms with van der Waals surface area (Å²) in [5.74, 6) is 1.69. The summed E-state index contributed by atoms with van der Waals surface area (Å²) in [6.07, 6.45) is 0.855. The van der Waals surface area contributed by atoms with Crippen molar-refractivity contribution in [2.45, 2.75) is 6.42 Å². The largest absolute Gasteiger partial charge is 0.493 e. The monoisotopic (exact) mass is 289 g/mol. The molecule has 0 radical (unpaired) electrons. The number of fused-ring (bicyclic) bond motifs is 1. The van der Waals surface area contributed by atoms with Crippen LogP contribution < -0.4 is 4.74 Å². The Morgan fingerprint density at radius 3 is 2.70 bits per heavy atom. The molecule has 0 spiro atoms. The maximum Gasteiger partial charge on any atom is 0.281 e. The van der Waals surface area contributed by atoms with E-state index in [-0.39, 0.29) is 5.24 Å². The van der Waals surface area contributed by atoms with Gasteiger partial charge in [0.15, 0.2) is 0 Å². The lowest BCUT2D eigenvalue weighted by molar-refractivity contribution is 0.241. The van der Waals surface area contributed by atoms with Crippen LogP contribution in [-0.2, 0) is 0 Å². The molecule has 0 aliphatic rings. The maximum absolute atomic E-state index is 11.4. The van der Waals surface area contributed by atoms with Crippen molar-refractivity contribution in [2.75, 3.05) is 26.5 Å². The van der Waals surface area contributed by atoms with Crippen molar-refractivity contribution in [1.29, 1.82) is 0 Å². The van der Waals surface area contributed by atoms with E-state index < -0.39 is 0 Å². The van der Waals surface area contributed by atoms with Crippen LogP contribution in [-0.4, -0.2) is 36.6 Å². The molecule has 3 nitrogen and oxygen atoms in total. The highest BCUT2D eigenvalue weighted by molar-refractivity contribution is 8.13. The van der Waals surface area contributed by atoms with Gasteiger partial charge in [-0.15, -0.1) is 0 Å². The molecule has 0 bridgehead atoms. The first-order chi connectivity index (χ1) is 9.68. The van der Waals surface area contributed by atoms with Crippen LogP contribution in [0.4, 0.5) is 4.79 Å². The molecule has 1 amide bonds. The van der Waals surface area contributed by atoms with E-state index in [0.29, 0.717) is 6.61 Å². The van der Waals surface area contributed by atoms with Crippen LogP contribution in [0.3, 0.4) is 0 Å². The average molecular weight is 289 g/mol. The molecule has 106 valence electrons. The van der Waals surface area contributed by atoms with Gasteiger partial charge in [-0.05, 0) is 17.9 Å². The van der Waals surface area contributed by atoms with Gasteiger partial charge in [0.1, 0.15) is 5.75 Å². The third kappa shape index (κ3) is 3.90. The number of hydrogen-bond acceptors (Lipinski definition) is 3. The smallest absolute Gasteiger partial charge is 0.281 e. The summed E-state index contributed by atoms with van der Waals surface area (Å²) in [5.41, 5.74) is 0. The Morgan fingerprint density at radius 1 is 1.15 bits per heavy atom. The van der Waals surface area contributed by atoms with Crippen molar-refractivity contribution >= 4 is 27.8 Å². The van der Waals surface area contributed by atoms with Gasteiger partial charge in [0.05, 0.1) is 6.61 Å². The molecule has 0 heterocycles. The molecule has 4 heteroatoms. The zero-order valence-electron chi connectivity index (χ0n) is 11.8. The molecule has 0 atom stereocenters. The summed E-state index contributed by atoms with van der Waals surface area (Å²) in [4.78, 5) is 13.0. The Kier molecular flexibility index (Phi) is 5.30. The van der Waals surface area contributed by atoms with Crippen LogP contribution >= 0.6 is 11.8 Å². The first kappa shape index (κ1) is 14.7. The van der Waals surface area contributed by atoms with Crippen molar-refractivity contribution in [3.63, 3.8) is 0 Å². The van der Waals surface area contributed by atoms with E-state index in [9.17, 15) is 4.79 Å². The van der Waals surface area contributed by atoms with Crippen molar-refractivity contribution in [2.24, 2.45) is 0 Å². The van der Waals surface area contributed by atoms with Gasteiger partial charge in [-0.1, -0.05) is 48.2 Å². The lowest BCUT2D eigenvalue weighted by Gasteiger charge is -2.10. The third-order valence-corrected chi connectivity index (χ3v) is 3.99. The van der Waals surface area contributed by atoms with E-state index in [1.54, 1.807) is 19.0 Å². The molecule has 2 aromatic rings. The van der Waals surface area contributed by atoms with E-state index in [4.69, 9.17) is 4.74 Å². The van der Waals surface area contributed by atoms with Gasteiger partial charge in [0.2, 0.25) is 0 Å². The number of carbonyl (C=O) groups is 1. The van der Waals surface area contributed by atoms with Crippen LogP contribution in [0.25, 0.3) is 10.8 Å². The van der Waals surface area contributed by atoms with Crippen LogP contribution in [0.15, 0.2) is 42.5 Å². The first-order valence-electron chi connectivity index (χ1n) is 6.63. The van der Waals surface area contributed by atoms with Gasteiger partial charge in [0.25, 0.3) is 5.24 Å². The molecule has 0 fully saturated rings. The fourth-order valence-corrected chi connectivity index (χ4v) is 2.55. The van der Waals surface area contributed by atoms with Crippen LogP contribution in [0.5, 0.6) is 5.75 Å². The number of amides is 1. The van der Waals surface area contributed by atoms with E-state index in [1.807, 2.05) is 24.3 Å². The van der Waals surface area contributed by atoms with Crippen molar-refractivity contribution < 1.29 is 9.53 Å². The van der Waals surface area contributed by atoms with Gasteiger partial charge in [-0.3, -0.25) is 4.79 Å². The molecule has 0 aliphatic heterocycles. The molecule has 0 aromatic heterocycles. The van der Waals surface area contributed by atoms with E-state index >= 15 is 0 Å². The zero-order chi connectivity index (χ0) is 14.4. The first-order valence-corrected chi connectivity index (χ1v) is 7.61. The predicted molar refractivity (Wildman–Crippen MR) is 85.6 cm³/mol. The minimum absolute atomic E-state index is 0.0927. The number of nitrogens with zero attached hydrogens (tertiary/aromatic N) is 1.